The number of Topliss-reactive ketones (excluding diaryl/α,β-unsaturated/α-hetero) is 2. The van der Waals surface area contributed by atoms with Crippen LogP contribution in [0.15, 0.2) is 33.8 Å². The van der Waals surface area contributed by atoms with Gasteiger partial charge in [-0.15, -0.1) is 0 Å². The van der Waals surface area contributed by atoms with Gasteiger partial charge in [-0.25, -0.2) is 9.97 Å². The van der Waals surface area contributed by atoms with Crippen LogP contribution in [0, 0.1) is 35.0 Å². The Labute approximate surface area is 266 Å². The summed E-state index contributed by atoms with van der Waals surface area (Å²) >= 11 is 0. The summed E-state index contributed by atoms with van der Waals surface area (Å²) in [6.45, 7) is 8.37. The van der Waals surface area contributed by atoms with Crippen molar-refractivity contribution in [2.24, 2.45) is 35.0 Å². The van der Waals surface area contributed by atoms with E-state index >= 15 is 0 Å². The second-order valence-electron chi connectivity index (χ2n) is 13.8. The lowest BCUT2D eigenvalue weighted by atomic mass is 9.62. The summed E-state index contributed by atoms with van der Waals surface area (Å²) in [4.78, 5) is 66.5. The fourth-order valence-electron chi connectivity index (χ4n) is 8.32. The van der Waals surface area contributed by atoms with Gasteiger partial charge >= 0.3 is 0 Å². The Kier molecular flexibility index (Phi) is 10.9. The van der Waals surface area contributed by atoms with E-state index in [9.17, 15) is 19.2 Å². The van der Waals surface area contributed by atoms with Gasteiger partial charge < -0.3 is 18.6 Å². The van der Waals surface area contributed by atoms with Crippen LogP contribution in [-0.2, 0) is 9.59 Å². The van der Waals surface area contributed by atoms with Crippen LogP contribution in [0.25, 0.3) is 0 Å². The molecule has 2 aromatic heterocycles. The van der Waals surface area contributed by atoms with Crippen molar-refractivity contribution in [2.75, 3.05) is 26.2 Å². The third kappa shape index (κ3) is 7.25. The first-order valence-corrected chi connectivity index (χ1v) is 17.2. The minimum absolute atomic E-state index is 0.0281. The molecule has 10 nitrogen and oxygen atoms in total. The van der Waals surface area contributed by atoms with Gasteiger partial charge in [-0.2, -0.15) is 0 Å². The van der Waals surface area contributed by atoms with Crippen LogP contribution in [0.5, 0.6) is 0 Å². The highest BCUT2D eigenvalue weighted by Crippen LogP contribution is 2.47. The molecule has 1 saturated carbocycles. The first-order valence-electron chi connectivity index (χ1n) is 17.2. The fourth-order valence-corrected chi connectivity index (χ4v) is 8.32. The molecule has 2 unspecified atom stereocenters. The van der Waals surface area contributed by atoms with Crippen LogP contribution in [0.4, 0.5) is 0 Å². The number of hydrogen-bond acceptors (Lipinski definition) is 8. The molecular formula is C35H50N4O6. The van der Waals surface area contributed by atoms with Crippen LogP contribution in [0.1, 0.15) is 119 Å². The zero-order valence-electron chi connectivity index (χ0n) is 27.2. The van der Waals surface area contributed by atoms with E-state index in [0.717, 1.165) is 38.5 Å². The van der Waals surface area contributed by atoms with Gasteiger partial charge in [0.2, 0.25) is 23.4 Å². The largest absolute Gasteiger partial charge is 0.442 e. The van der Waals surface area contributed by atoms with Gasteiger partial charge in [0.05, 0.1) is 12.4 Å². The van der Waals surface area contributed by atoms with Gasteiger partial charge in [0.15, 0.2) is 0 Å². The van der Waals surface area contributed by atoms with E-state index in [4.69, 9.17) is 8.83 Å². The maximum atomic E-state index is 14.3. The van der Waals surface area contributed by atoms with Crippen molar-refractivity contribution in [3.8, 4) is 0 Å². The molecule has 2 saturated heterocycles. The Hall–Kier alpha value is -3.30. The molecule has 0 radical (unpaired) electrons. The number of aromatic nitrogens is 2. The summed E-state index contributed by atoms with van der Waals surface area (Å²) < 4.78 is 11.0. The number of ketones is 2. The topological polar surface area (TPSA) is 127 Å². The molecule has 0 bridgehead atoms. The third-order valence-corrected chi connectivity index (χ3v) is 11.0. The molecule has 3 aliphatic rings. The molecule has 3 fully saturated rings. The smallest absolute Gasteiger partial charge is 0.263 e. The lowest BCUT2D eigenvalue weighted by molar-refractivity contribution is -0.138. The number of piperidine rings is 2. The number of amides is 2. The maximum absolute atomic E-state index is 14.3. The number of nitrogens with zero attached hydrogens (tertiary/aromatic N) is 4. The fraction of sp³-hybridized carbons (Fsp3) is 0.714. The normalized spacial score (nSPS) is 21.1. The lowest BCUT2D eigenvalue weighted by Gasteiger charge is -2.44. The molecule has 4 heterocycles. The van der Waals surface area contributed by atoms with Crippen molar-refractivity contribution < 1.29 is 28.0 Å². The molecule has 0 spiro atoms. The van der Waals surface area contributed by atoms with Crippen LogP contribution >= 0.6 is 0 Å². The monoisotopic (exact) mass is 622 g/mol. The van der Waals surface area contributed by atoms with Crippen LogP contribution in [0.2, 0.25) is 0 Å². The summed E-state index contributed by atoms with van der Waals surface area (Å²) in [6, 6.07) is 0. The predicted molar refractivity (Wildman–Crippen MR) is 167 cm³/mol. The molecule has 2 amide bonds. The van der Waals surface area contributed by atoms with Gasteiger partial charge in [-0.3, -0.25) is 19.2 Å². The summed E-state index contributed by atoms with van der Waals surface area (Å²) in [5, 5.41) is 0. The molecule has 2 aromatic rings. The van der Waals surface area contributed by atoms with Crippen molar-refractivity contribution in [1.29, 1.82) is 0 Å². The van der Waals surface area contributed by atoms with Gasteiger partial charge in [0.25, 0.3) is 11.8 Å². The third-order valence-electron chi connectivity index (χ3n) is 11.0. The number of carbonyl (C=O) groups excluding carboxylic acids is 4. The predicted octanol–water partition coefficient (Wildman–Crippen LogP) is 6.23. The van der Waals surface area contributed by atoms with Crippen molar-refractivity contribution in [3.63, 3.8) is 0 Å². The van der Waals surface area contributed by atoms with Gasteiger partial charge in [-0.05, 0) is 69.6 Å². The molecule has 5 rings (SSSR count). The molecule has 0 N–H and O–H groups in total. The zero-order chi connectivity index (χ0) is 32.0. The van der Waals surface area contributed by atoms with Gasteiger partial charge in [-0.1, -0.05) is 40.0 Å². The van der Waals surface area contributed by atoms with Crippen molar-refractivity contribution in [2.45, 2.75) is 97.8 Å². The number of likely N-dealkylation sites (tertiary alicyclic amines) is 2. The Bertz CT molecular complexity index is 1270. The minimum atomic E-state index is -0.783. The van der Waals surface area contributed by atoms with E-state index < -0.39 is 11.3 Å². The van der Waals surface area contributed by atoms with E-state index in [-0.39, 0.29) is 58.8 Å². The molecule has 246 valence electrons. The van der Waals surface area contributed by atoms with Crippen LogP contribution in [-0.4, -0.2) is 69.3 Å². The van der Waals surface area contributed by atoms with Crippen LogP contribution in [0.3, 0.4) is 0 Å². The first-order chi connectivity index (χ1) is 21.7. The molecular weight excluding hydrogens is 572 g/mol. The number of rotatable bonds is 12. The van der Waals surface area contributed by atoms with Gasteiger partial charge in [0.1, 0.15) is 12.5 Å². The minimum Gasteiger partial charge on any atom is -0.442 e. The maximum Gasteiger partial charge on any atom is 0.263 e. The Morgan fingerprint density at radius 3 is 2.00 bits per heavy atom. The number of oxazole rings is 2. The SMILES string of the molecule is CCC(CCC(C(=O)c1ncco1)C1CCN(C(=O)C(C)C)CC1)(C(=O)c1ncco1)C1CCN(C(=O)C2CCCCC2)CC1. The van der Waals surface area contributed by atoms with Crippen molar-refractivity contribution >= 4 is 23.4 Å². The van der Waals surface area contributed by atoms with E-state index in [1.807, 2.05) is 30.6 Å². The average molecular weight is 623 g/mol. The van der Waals surface area contributed by atoms with E-state index in [0.29, 0.717) is 58.3 Å². The highest BCUT2D eigenvalue weighted by molar-refractivity contribution is 5.97. The van der Waals surface area contributed by atoms with Crippen LogP contribution < -0.4 is 0 Å². The van der Waals surface area contributed by atoms with Gasteiger partial charge in [0, 0.05) is 49.3 Å². The first kappa shape index (κ1) is 33.1. The molecule has 10 heteroatoms. The van der Waals surface area contributed by atoms with Crippen molar-refractivity contribution in [1.82, 2.24) is 19.8 Å². The highest BCUT2D eigenvalue weighted by atomic mass is 16.4. The summed E-state index contributed by atoms with van der Waals surface area (Å²) in [5.41, 5.74) is -0.783. The summed E-state index contributed by atoms with van der Waals surface area (Å²) in [7, 11) is 0. The zero-order valence-corrected chi connectivity index (χ0v) is 27.2. The quantitative estimate of drug-likeness (QED) is 0.255. The number of hydrogen-bond donors (Lipinski definition) is 0. The Balaban J connectivity index is 1.35. The molecule has 0 aromatic carbocycles. The molecule has 2 atom stereocenters. The second-order valence-corrected chi connectivity index (χ2v) is 13.8. The Morgan fingerprint density at radius 2 is 1.44 bits per heavy atom. The second kappa shape index (κ2) is 14.9. The molecule has 2 aliphatic heterocycles. The van der Waals surface area contributed by atoms with E-state index in [1.165, 1.54) is 31.3 Å². The number of carbonyl (C=O) groups is 4. The van der Waals surface area contributed by atoms with Crippen molar-refractivity contribution in [3.05, 3.63) is 36.7 Å². The summed E-state index contributed by atoms with van der Waals surface area (Å²) in [5.74, 6) is 0.0869. The standard InChI is InChI=1S/C35H50N4O6/c1-4-35(30(41)32-37-17-23-45-32,27-13-20-39(21-14-27)34(43)26-8-6-5-7-9-26)15-10-28(29(40)31-36-16-22-44-31)25-11-18-38(19-12-25)33(42)24(2)3/h16-17,22-28H,4-15,18-21H2,1-3H3. The molecule has 45 heavy (non-hydrogen) atoms. The Morgan fingerprint density at radius 1 is 0.844 bits per heavy atom. The highest BCUT2D eigenvalue weighted by Gasteiger charge is 2.48. The molecule has 1 aliphatic carbocycles. The van der Waals surface area contributed by atoms with E-state index in [1.54, 1.807) is 0 Å². The average Bonchev–Trinajstić information content (AvgIpc) is 3.82. The summed E-state index contributed by atoms with van der Waals surface area (Å²) in [6.07, 6.45) is 15.7. The lowest BCUT2D eigenvalue weighted by Crippen LogP contribution is -2.48. The van der Waals surface area contributed by atoms with E-state index in [2.05, 4.69) is 9.97 Å².